The average Bonchev–Trinajstić information content (AvgIpc) is 3.24. The first-order chi connectivity index (χ1) is 17.9. The summed E-state index contributed by atoms with van der Waals surface area (Å²) >= 11 is 0. The lowest BCUT2D eigenvalue weighted by molar-refractivity contribution is -0.148. The van der Waals surface area contributed by atoms with Gasteiger partial charge in [-0.3, -0.25) is 18.9 Å². The third-order valence-corrected chi connectivity index (χ3v) is 6.89. The molecule has 3 amide bonds. The number of hydrogen-bond donors (Lipinski definition) is 4. The normalized spacial score (nSPS) is 17.7. The molecule has 0 spiro atoms. The Hall–Kier alpha value is -3.19. The Labute approximate surface area is 223 Å². The molecule has 4 atom stereocenters. The second-order valence-corrected chi connectivity index (χ2v) is 11.1. The van der Waals surface area contributed by atoms with Gasteiger partial charge in [0, 0.05) is 18.9 Å². The molecule has 3 unspecified atom stereocenters. The van der Waals surface area contributed by atoms with Gasteiger partial charge in [0.25, 0.3) is 0 Å². The van der Waals surface area contributed by atoms with Gasteiger partial charge >= 0.3 is 22.2 Å². The van der Waals surface area contributed by atoms with Crippen LogP contribution in [0.25, 0.3) is 0 Å². The Bertz CT molecular complexity index is 1060. The molecule has 1 aromatic rings. The summed E-state index contributed by atoms with van der Waals surface area (Å²) in [6.45, 7) is 5.67. The average molecular weight is 556 g/mol. The Balaban J connectivity index is 2.22. The number of amides is 3. The fraction of sp³-hybridized carbons (Fsp3) is 0.600. The van der Waals surface area contributed by atoms with Crippen LogP contribution in [0.5, 0.6) is 0 Å². The van der Waals surface area contributed by atoms with Crippen molar-refractivity contribution >= 4 is 34.0 Å². The highest BCUT2D eigenvalue weighted by Gasteiger charge is 2.41. The number of carbonyl (C=O) groups is 4. The van der Waals surface area contributed by atoms with E-state index >= 15 is 0 Å². The molecular formula is C25H37N3O9S. The Morgan fingerprint density at radius 2 is 1.84 bits per heavy atom. The molecule has 2 rings (SSSR count). The third-order valence-electron chi connectivity index (χ3n) is 5.88. The molecule has 13 heteroatoms. The van der Waals surface area contributed by atoms with Crippen molar-refractivity contribution in [2.75, 3.05) is 6.54 Å². The molecular weight excluding hydrogens is 518 g/mol. The quantitative estimate of drug-likeness (QED) is 0.197. The first-order valence-corrected chi connectivity index (χ1v) is 14.1. The van der Waals surface area contributed by atoms with Crippen LogP contribution in [0, 0.1) is 11.8 Å². The molecule has 1 fully saturated rings. The summed E-state index contributed by atoms with van der Waals surface area (Å²) in [7, 11) is -4.99. The maximum atomic E-state index is 13.3. The minimum atomic E-state index is -4.99. The maximum absolute atomic E-state index is 13.3. The van der Waals surface area contributed by atoms with Crippen molar-refractivity contribution in [3.8, 4) is 0 Å². The Kier molecular flexibility index (Phi) is 12.0. The largest absolute Gasteiger partial charge is 0.445 e. The van der Waals surface area contributed by atoms with Gasteiger partial charge in [-0.05, 0) is 37.2 Å². The van der Waals surface area contributed by atoms with Gasteiger partial charge in [-0.15, -0.1) is 0 Å². The summed E-state index contributed by atoms with van der Waals surface area (Å²) in [4.78, 5) is 50.1. The molecule has 0 aromatic heterocycles. The predicted molar refractivity (Wildman–Crippen MR) is 137 cm³/mol. The lowest BCUT2D eigenvalue weighted by atomic mass is 9.97. The van der Waals surface area contributed by atoms with Gasteiger partial charge in [-0.25, -0.2) is 4.79 Å². The van der Waals surface area contributed by atoms with Crippen LogP contribution in [0.2, 0.25) is 0 Å². The number of benzene rings is 1. The van der Waals surface area contributed by atoms with Crippen molar-refractivity contribution in [2.24, 2.45) is 11.8 Å². The van der Waals surface area contributed by atoms with E-state index in [1.807, 2.05) is 19.9 Å². The Morgan fingerprint density at radius 1 is 1.16 bits per heavy atom. The fourth-order valence-electron chi connectivity index (χ4n) is 4.05. The summed E-state index contributed by atoms with van der Waals surface area (Å²) in [5.74, 6) is -2.74. The lowest BCUT2D eigenvalue weighted by Gasteiger charge is -2.29. The smallest absolute Gasteiger partial charge is 0.408 e. The number of alkyl carbamates (subject to hydrolysis) is 1. The highest BCUT2D eigenvalue weighted by atomic mass is 32.2. The molecule has 1 aromatic carbocycles. The number of carbonyl (C=O) groups excluding carboxylic acids is 4. The summed E-state index contributed by atoms with van der Waals surface area (Å²) < 4.78 is 44.6. The summed E-state index contributed by atoms with van der Waals surface area (Å²) in [6, 6.07) is 6.34. The van der Waals surface area contributed by atoms with Gasteiger partial charge < -0.3 is 25.4 Å². The van der Waals surface area contributed by atoms with Gasteiger partial charge in [0.05, 0.1) is 6.04 Å². The second-order valence-electron chi connectivity index (χ2n) is 9.64. The van der Waals surface area contributed by atoms with Crippen molar-refractivity contribution in [3.05, 3.63) is 35.9 Å². The van der Waals surface area contributed by atoms with E-state index in [0.717, 1.165) is 5.56 Å². The van der Waals surface area contributed by atoms with E-state index in [0.29, 0.717) is 19.4 Å². The van der Waals surface area contributed by atoms with Gasteiger partial charge in [0.15, 0.2) is 0 Å². The molecule has 38 heavy (non-hydrogen) atoms. The minimum absolute atomic E-state index is 0.0275. The molecule has 12 nitrogen and oxygen atoms in total. The van der Waals surface area contributed by atoms with Crippen molar-refractivity contribution in [1.29, 1.82) is 0 Å². The summed E-state index contributed by atoms with van der Waals surface area (Å²) in [5.41, 5.74) is -1.39. The van der Waals surface area contributed by atoms with Gasteiger partial charge in [0.2, 0.25) is 17.3 Å². The number of nitrogens with one attached hydrogen (secondary N) is 3. The van der Waals surface area contributed by atoms with E-state index < -0.39 is 51.5 Å². The van der Waals surface area contributed by atoms with E-state index in [9.17, 15) is 32.1 Å². The van der Waals surface area contributed by atoms with Gasteiger partial charge in [0.1, 0.15) is 12.6 Å². The fourth-order valence-corrected chi connectivity index (χ4v) is 4.87. The SMILES string of the molecule is CCCC(=O)OC(C(C[C@@H]1CCNC1=O)NC(=O)C(CC(C)C)NC(=O)OCc1ccccc1)S(=O)(=O)O. The second kappa shape index (κ2) is 14.7. The van der Waals surface area contributed by atoms with Crippen LogP contribution >= 0.6 is 0 Å². The number of hydrogen-bond acceptors (Lipinski definition) is 8. The highest BCUT2D eigenvalue weighted by Crippen LogP contribution is 2.22. The van der Waals surface area contributed by atoms with Crippen molar-refractivity contribution < 1.29 is 41.6 Å². The third kappa shape index (κ3) is 10.3. The van der Waals surface area contributed by atoms with Crippen LogP contribution in [-0.2, 0) is 40.6 Å². The number of ether oxygens (including phenoxy) is 2. The molecule has 0 aliphatic carbocycles. The van der Waals surface area contributed by atoms with E-state index in [1.54, 1.807) is 31.2 Å². The zero-order chi connectivity index (χ0) is 28.3. The van der Waals surface area contributed by atoms with Gasteiger partial charge in [-0.2, -0.15) is 8.42 Å². The van der Waals surface area contributed by atoms with Crippen LogP contribution in [0.15, 0.2) is 30.3 Å². The van der Waals surface area contributed by atoms with Crippen LogP contribution < -0.4 is 16.0 Å². The molecule has 1 saturated heterocycles. The lowest BCUT2D eigenvalue weighted by Crippen LogP contribution is -2.55. The Morgan fingerprint density at radius 3 is 2.39 bits per heavy atom. The standard InChI is InChI=1S/C25H37N3O9S/c1-4-8-21(29)37-24(38(33,34)35)20(14-18-11-12-26-22(18)30)27-23(31)19(13-16(2)3)28-25(32)36-15-17-9-6-5-7-10-17/h5-7,9-10,16,18-20,24H,4,8,11-15H2,1-3H3,(H,26,30)(H,27,31)(H,28,32)(H,33,34,35)/t18-,19?,20?,24?/m0/s1. The zero-order valence-electron chi connectivity index (χ0n) is 21.8. The highest BCUT2D eigenvalue weighted by molar-refractivity contribution is 7.86. The van der Waals surface area contributed by atoms with Crippen LogP contribution in [-0.4, -0.2) is 60.9 Å². The predicted octanol–water partition coefficient (Wildman–Crippen LogP) is 1.90. The molecule has 0 bridgehead atoms. The van der Waals surface area contributed by atoms with E-state index in [-0.39, 0.29) is 37.7 Å². The topological polar surface area (TPSA) is 177 Å². The summed E-state index contributed by atoms with van der Waals surface area (Å²) in [5, 5.41) is 7.61. The van der Waals surface area contributed by atoms with E-state index in [4.69, 9.17) is 9.47 Å². The van der Waals surface area contributed by atoms with Crippen LogP contribution in [0.4, 0.5) is 4.79 Å². The molecule has 1 aliphatic heterocycles. The first kappa shape index (κ1) is 31.0. The van der Waals surface area contributed by atoms with E-state index in [2.05, 4.69) is 16.0 Å². The molecule has 212 valence electrons. The molecule has 0 saturated carbocycles. The van der Waals surface area contributed by atoms with Crippen molar-refractivity contribution in [1.82, 2.24) is 16.0 Å². The molecule has 4 N–H and O–H groups in total. The zero-order valence-corrected chi connectivity index (χ0v) is 22.7. The summed E-state index contributed by atoms with van der Waals surface area (Å²) in [6.07, 6.45) is -0.275. The number of rotatable bonds is 14. The number of esters is 1. The molecule has 1 heterocycles. The monoisotopic (exact) mass is 555 g/mol. The minimum Gasteiger partial charge on any atom is -0.445 e. The first-order valence-electron chi connectivity index (χ1n) is 12.6. The molecule has 0 radical (unpaired) electrons. The van der Waals surface area contributed by atoms with Crippen molar-refractivity contribution in [2.45, 2.75) is 77.0 Å². The van der Waals surface area contributed by atoms with E-state index in [1.165, 1.54) is 0 Å². The van der Waals surface area contributed by atoms with Crippen molar-refractivity contribution in [3.63, 3.8) is 0 Å². The van der Waals surface area contributed by atoms with Crippen LogP contribution in [0.3, 0.4) is 0 Å². The van der Waals surface area contributed by atoms with Crippen LogP contribution in [0.1, 0.15) is 58.4 Å². The van der Waals surface area contributed by atoms with Gasteiger partial charge in [-0.1, -0.05) is 51.1 Å². The maximum Gasteiger partial charge on any atom is 0.408 e. The molecule has 1 aliphatic rings.